The smallest absolute Gasteiger partial charge is 0.416 e. The van der Waals surface area contributed by atoms with Gasteiger partial charge in [0.2, 0.25) is 0 Å². The van der Waals surface area contributed by atoms with Crippen molar-refractivity contribution in [3.8, 4) is 0 Å². The normalized spacial score (nSPS) is 18.9. The molecule has 0 saturated heterocycles. The molecule has 6 heteroatoms. The largest absolute Gasteiger partial charge is 0.443 e. The molecule has 1 aliphatic heterocycles. The Bertz CT molecular complexity index is 1020. The van der Waals surface area contributed by atoms with Crippen molar-refractivity contribution in [2.75, 3.05) is 16.8 Å². The highest BCUT2D eigenvalue weighted by atomic mass is 35.5. The van der Waals surface area contributed by atoms with Crippen molar-refractivity contribution in [2.45, 2.75) is 77.4 Å². The maximum Gasteiger partial charge on any atom is 0.416 e. The first kappa shape index (κ1) is 21.9. The number of nitrogens with zero attached hydrogens (tertiary/aromatic N) is 2. The molecule has 2 aliphatic rings. The number of nitrogens with one attached hydrogen (secondary N) is 1. The molecule has 31 heavy (non-hydrogen) atoms. The zero-order valence-corrected chi connectivity index (χ0v) is 20.1. The fourth-order valence-electron chi connectivity index (χ4n) is 4.64. The van der Waals surface area contributed by atoms with Gasteiger partial charge in [-0.05, 0) is 70.2 Å². The Balaban J connectivity index is 1.68. The maximum absolute atomic E-state index is 12.9. The van der Waals surface area contributed by atoms with Gasteiger partial charge in [0, 0.05) is 22.5 Å². The van der Waals surface area contributed by atoms with Crippen LogP contribution in [0.4, 0.5) is 16.4 Å². The zero-order chi connectivity index (χ0) is 22.6. The van der Waals surface area contributed by atoms with E-state index >= 15 is 0 Å². The third-order valence-electron chi connectivity index (χ3n) is 6.38. The Labute approximate surface area is 190 Å². The van der Waals surface area contributed by atoms with Crippen LogP contribution in [0.15, 0.2) is 30.3 Å². The molecule has 166 valence electrons. The van der Waals surface area contributed by atoms with Crippen molar-refractivity contribution >= 4 is 29.3 Å². The molecule has 1 aromatic heterocycles. The van der Waals surface area contributed by atoms with Crippen LogP contribution in [0.1, 0.15) is 70.6 Å². The van der Waals surface area contributed by atoms with Gasteiger partial charge in [0.1, 0.15) is 17.2 Å². The molecule has 2 aromatic rings. The molecule has 0 radical (unpaired) electrons. The van der Waals surface area contributed by atoms with Crippen LogP contribution in [0.25, 0.3) is 0 Å². The molecule has 0 atom stereocenters. The van der Waals surface area contributed by atoms with Gasteiger partial charge < -0.3 is 10.1 Å². The summed E-state index contributed by atoms with van der Waals surface area (Å²) < 4.78 is 5.66. The second-order valence-corrected chi connectivity index (χ2v) is 10.9. The summed E-state index contributed by atoms with van der Waals surface area (Å²) in [5.74, 6) is 1.45. The van der Waals surface area contributed by atoms with Gasteiger partial charge in [-0.1, -0.05) is 43.6 Å². The van der Waals surface area contributed by atoms with Gasteiger partial charge in [-0.2, -0.15) is 0 Å². The molecule has 1 saturated carbocycles. The van der Waals surface area contributed by atoms with Crippen molar-refractivity contribution in [1.29, 1.82) is 0 Å². The highest BCUT2D eigenvalue weighted by Crippen LogP contribution is 2.47. The van der Waals surface area contributed by atoms with E-state index < -0.39 is 5.60 Å². The van der Waals surface area contributed by atoms with E-state index in [1.54, 1.807) is 4.90 Å². The summed E-state index contributed by atoms with van der Waals surface area (Å²) in [6.45, 7) is 12.5. The van der Waals surface area contributed by atoms with Crippen LogP contribution in [0.3, 0.4) is 0 Å². The summed E-state index contributed by atoms with van der Waals surface area (Å²) >= 11 is 6.42. The highest BCUT2D eigenvalue weighted by Gasteiger charge is 2.43. The topological polar surface area (TPSA) is 54.5 Å². The number of carbonyl (C=O) groups excluding carboxylic acids is 1. The Morgan fingerprint density at radius 2 is 1.87 bits per heavy atom. The minimum absolute atomic E-state index is 0.179. The van der Waals surface area contributed by atoms with Gasteiger partial charge in [-0.25, -0.2) is 9.78 Å². The van der Waals surface area contributed by atoms with E-state index in [9.17, 15) is 4.79 Å². The predicted octanol–water partition coefficient (Wildman–Crippen LogP) is 6.57. The first-order chi connectivity index (χ1) is 14.4. The van der Waals surface area contributed by atoms with Gasteiger partial charge in [0.15, 0.2) is 0 Å². The second-order valence-electron chi connectivity index (χ2n) is 10.5. The third-order valence-corrected chi connectivity index (χ3v) is 6.79. The number of amides is 1. The number of anilines is 2. The maximum atomic E-state index is 12.9. The number of halogens is 1. The van der Waals surface area contributed by atoms with E-state index in [2.05, 4.69) is 38.2 Å². The van der Waals surface area contributed by atoms with Crippen LogP contribution in [0.2, 0.25) is 5.02 Å². The summed E-state index contributed by atoms with van der Waals surface area (Å²) in [6.07, 6.45) is 2.84. The van der Waals surface area contributed by atoms with Crippen molar-refractivity contribution < 1.29 is 9.53 Å². The average Bonchev–Trinajstić information content (AvgIpc) is 2.90. The molecule has 1 fully saturated rings. The van der Waals surface area contributed by atoms with Crippen molar-refractivity contribution in [3.05, 3.63) is 52.0 Å². The predicted molar refractivity (Wildman–Crippen MR) is 126 cm³/mol. The fraction of sp³-hybridized carbons (Fsp3) is 0.520. The molecule has 4 rings (SSSR count). The Kier molecular flexibility index (Phi) is 5.24. The Morgan fingerprint density at radius 1 is 1.16 bits per heavy atom. The van der Waals surface area contributed by atoms with E-state index in [1.165, 1.54) is 5.56 Å². The first-order valence-electron chi connectivity index (χ1n) is 11.0. The number of fused-ring (bicyclic) bond motifs is 1. The third kappa shape index (κ3) is 4.00. The van der Waals surface area contributed by atoms with Crippen LogP contribution in [0, 0.1) is 6.92 Å². The standard InChI is InChI=1S/C25H32ClN3O2/c1-16-17(9-7-10-19(16)26)25(13-8-14-25)28-20-12-11-18-21(27-20)29(15-24(18,5)6)22(30)31-23(2,3)4/h7,9-12H,8,13-15H2,1-6H3,(H,27,28). The van der Waals surface area contributed by atoms with Crippen LogP contribution in [-0.4, -0.2) is 23.2 Å². The molecule has 1 aliphatic carbocycles. The lowest BCUT2D eigenvalue weighted by Gasteiger charge is -2.44. The minimum Gasteiger partial charge on any atom is -0.443 e. The van der Waals surface area contributed by atoms with Gasteiger partial charge >= 0.3 is 6.09 Å². The molecule has 0 unspecified atom stereocenters. The number of benzene rings is 1. The molecule has 1 aromatic carbocycles. The molecular weight excluding hydrogens is 410 g/mol. The number of hydrogen-bond acceptors (Lipinski definition) is 4. The highest BCUT2D eigenvalue weighted by molar-refractivity contribution is 6.31. The fourth-order valence-corrected chi connectivity index (χ4v) is 4.81. The lowest BCUT2D eigenvalue weighted by Crippen LogP contribution is -2.43. The van der Waals surface area contributed by atoms with E-state index in [1.807, 2.05) is 39.0 Å². The Hall–Kier alpha value is -2.27. The number of aromatic nitrogens is 1. The van der Waals surface area contributed by atoms with E-state index in [0.29, 0.717) is 12.4 Å². The average molecular weight is 442 g/mol. The monoisotopic (exact) mass is 441 g/mol. The quantitative estimate of drug-likeness (QED) is 0.585. The van der Waals surface area contributed by atoms with Gasteiger partial charge in [0.25, 0.3) is 0 Å². The minimum atomic E-state index is -0.556. The second kappa shape index (κ2) is 7.40. The number of ether oxygens (including phenoxy) is 1. The molecule has 2 heterocycles. The summed E-state index contributed by atoms with van der Waals surface area (Å²) in [6, 6.07) is 10.2. The molecule has 5 nitrogen and oxygen atoms in total. The summed E-state index contributed by atoms with van der Waals surface area (Å²) in [4.78, 5) is 19.5. The summed E-state index contributed by atoms with van der Waals surface area (Å²) in [7, 11) is 0. The van der Waals surface area contributed by atoms with Crippen molar-refractivity contribution in [3.63, 3.8) is 0 Å². The van der Waals surface area contributed by atoms with Gasteiger partial charge in [-0.3, -0.25) is 4.90 Å². The molecule has 1 N–H and O–H groups in total. The van der Waals surface area contributed by atoms with Crippen LogP contribution >= 0.6 is 11.6 Å². The van der Waals surface area contributed by atoms with E-state index in [0.717, 1.165) is 41.2 Å². The van der Waals surface area contributed by atoms with Gasteiger partial charge in [-0.15, -0.1) is 0 Å². The first-order valence-corrected chi connectivity index (χ1v) is 11.4. The molecule has 1 amide bonds. The van der Waals surface area contributed by atoms with Crippen molar-refractivity contribution in [2.24, 2.45) is 0 Å². The molecule has 0 bridgehead atoms. The van der Waals surface area contributed by atoms with E-state index in [-0.39, 0.29) is 17.0 Å². The van der Waals surface area contributed by atoms with Crippen LogP contribution < -0.4 is 10.2 Å². The lowest BCUT2D eigenvalue weighted by atomic mass is 9.70. The SMILES string of the molecule is Cc1c(Cl)cccc1C1(Nc2ccc3c(n2)N(C(=O)OC(C)(C)C)CC3(C)C)CCC1. The lowest BCUT2D eigenvalue weighted by molar-refractivity contribution is 0.0578. The zero-order valence-electron chi connectivity index (χ0n) is 19.3. The number of rotatable bonds is 3. The molecule has 0 spiro atoms. The number of carbonyl (C=O) groups is 1. The summed E-state index contributed by atoms with van der Waals surface area (Å²) in [5.41, 5.74) is 2.47. The van der Waals surface area contributed by atoms with Gasteiger partial charge in [0.05, 0.1) is 5.54 Å². The molecular formula is C25H32ClN3O2. The van der Waals surface area contributed by atoms with Crippen molar-refractivity contribution in [1.82, 2.24) is 4.98 Å². The number of hydrogen-bond donors (Lipinski definition) is 1. The number of pyridine rings is 1. The van der Waals surface area contributed by atoms with Crippen LogP contribution in [-0.2, 0) is 15.7 Å². The Morgan fingerprint density at radius 3 is 2.48 bits per heavy atom. The van der Waals surface area contributed by atoms with Crippen LogP contribution in [0.5, 0.6) is 0 Å². The summed E-state index contributed by atoms with van der Waals surface area (Å²) in [5, 5.41) is 4.48. The van der Waals surface area contributed by atoms with E-state index in [4.69, 9.17) is 21.3 Å².